The van der Waals surface area contributed by atoms with Gasteiger partial charge in [0.15, 0.2) is 0 Å². The molecule has 1 aromatic carbocycles. The van der Waals surface area contributed by atoms with Crippen molar-refractivity contribution >= 4 is 40.2 Å². The molecule has 0 spiro atoms. The van der Waals surface area contributed by atoms with Crippen LogP contribution in [0.5, 0.6) is 0 Å². The number of aromatic nitrogens is 2. The number of allylic oxidation sites excluding steroid dienone is 1. The van der Waals surface area contributed by atoms with Crippen LogP contribution in [0.3, 0.4) is 0 Å². The van der Waals surface area contributed by atoms with E-state index >= 15 is 0 Å². The third-order valence-electron chi connectivity index (χ3n) is 6.54. The molecule has 1 fully saturated rings. The molecule has 35 heavy (non-hydrogen) atoms. The van der Waals surface area contributed by atoms with Crippen LogP contribution in [0, 0.1) is 5.92 Å². The minimum absolute atomic E-state index is 0.00896. The van der Waals surface area contributed by atoms with E-state index in [0.717, 1.165) is 36.3 Å². The summed E-state index contributed by atoms with van der Waals surface area (Å²) in [7, 11) is 0. The van der Waals surface area contributed by atoms with E-state index in [2.05, 4.69) is 4.98 Å². The fraction of sp³-hybridized carbons (Fsp3) is 0.231. The molecule has 9 heteroatoms. The van der Waals surface area contributed by atoms with Crippen molar-refractivity contribution in [1.29, 1.82) is 0 Å². The Morgan fingerprint density at radius 2 is 2.03 bits per heavy atom. The number of nitrogens with zero attached hydrogens (tertiary/aromatic N) is 4. The van der Waals surface area contributed by atoms with Gasteiger partial charge in [0.25, 0.3) is 11.5 Å². The van der Waals surface area contributed by atoms with Gasteiger partial charge in [0, 0.05) is 10.9 Å². The minimum atomic E-state index is -0.383. The lowest BCUT2D eigenvalue weighted by atomic mass is 9.79. The summed E-state index contributed by atoms with van der Waals surface area (Å²) in [6.45, 7) is -0.202. The molecule has 0 bridgehead atoms. The van der Waals surface area contributed by atoms with Crippen molar-refractivity contribution in [1.82, 2.24) is 14.6 Å². The standard InChI is InChI=1S/C26H21ClN4O4/c27-17-8-9-21-20(13-17)26(33)30(15-28-21)14-23(32)31-25(22-7-3-11-35-22)19-6-1-4-16(24(19)29-31)12-18-5-2-10-34-18/h2-3,5,7-13,15,19,25H,1,4,6,14H2/b16-12+. The summed E-state index contributed by atoms with van der Waals surface area (Å²) in [5, 5.41) is 7.05. The number of hydrogen-bond donors (Lipinski definition) is 0. The molecule has 3 aromatic heterocycles. The van der Waals surface area contributed by atoms with Gasteiger partial charge in [0.05, 0.1) is 35.5 Å². The van der Waals surface area contributed by atoms with Gasteiger partial charge in [0.2, 0.25) is 0 Å². The highest BCUT2D eigenvalue weighted by molar-refractivity contribution is 6.31. The third kappa shape index (κ3) is 3.89. The average Bonchev–Trinajstić information content (AvgIpc) is 3.62. The van der Waals surface area contributed by atoms with E-state index in [4.69, 9.17) is 25.5 Å². The fourth-order valence-corrected chi connectivity index (χ4v) is 5.12. The molecule has 1 aliphatic carbocycles. The predicted octanol–water partition coefficient (Wildman–Crippen LogP) is 5.06. The zero-order valence-electron chi connectivity index (χ0n) is 18.6. The van der Waals surface area contributed by atoms with E-state index in [0.29, 0.717) is 21.7 Å². The van der Waals surface area contributed by atoms with Gasteiger partial charge >= 0.3 is 0 Å². The third-order valence-corrected chi connectivity index (χ3v) is 6.78. The molecule has 1 aliphatic heterocycles. The summed E-state index contributed by atoms with van der Waals surface area (Å²) >= 11 is 6.07. The van der Waals surface area contributed by atoms with Crippen LogP contribution < -0.4 is 5.56 Å². The average molecular weight is 489 g/mol. The zero-order chi connectivity index (χ0) is 23.9. The second-order valence-electron chi connectivity index (χ2n) is 8.71. The highest BCUT2D eigenvalue weighted by Gasteiger charge is 2.45. The summed E-state index contributed by atoms with van der Waals surface area (Å²) < 4.78 is 12.5. The Labute approximate surface area is 205 Å². The van der Waals surface area contributed by atoms with Gasteiger partial charge in [-0.2, -0.15) is 5.10 Å². The number of furan rings is 2. The topological polar surface area (TPSA) is 93.8 Å². The summed E-state index contributed by atoms with van der Waals surface area (Å²) in [5.74, 6) is 1.08. The molecule has 176 valence electrons. The van der Waals surface area contributed by atoms with Crippen molar-refractivity contribution in [3.8, 4) is 0 Å². The lowest BCUT2D eigenvalue weighted by molar-refractivity contribution is -0.134. The van der Waals surface area contributed by atoms with Crippen molar-refractivity contribution < 1.29 is 13.6 Å². The lowest BCUT2D eigenvalue weighted by Crippen LogP contribution is -2.36. The Morgan fingerprint density at radius 1 is 1.17 bits per heavy atom. The van der Waals surface area contributed by atoms with Crippen molar-refractivity contribution in [2.75, 3.05) is 0 Å². The molecule has 4 aromatic rings. The lowest BCUT2D eigenvalue weighted by Gasteiger charge is -2.27. The van der Waals surface area contributed by atoms with Gasteiger partial charge in [-0.3, -0.25) is 14.2 Å². The Hall–Kier alpha value is -3.91. The number of amides is 1. The van der Waals surface area contributed by atoms with Gasteiger partial charge in [-0.05, 0) is 73.4 Å². The Kier molecular flexibility index (Phi) is 5.37. The van der Waals surface area contributed by atoms with Gasteiger partial charge in [-0.25, -0.2) is 9.99 Å². The van der Waals surface area contributed by atoms with E-state index in [1.54, 1.807) is 36.8 Å². The molecular weight excluding hydrogens is 468 g/mol. The van der Waals surface area contributed by atoms with Gasteiger partial charge in [-0.15, -0.1) is 0 Å². The summed E-state index contributed by atoms with van der Waals surface area (Å²) in [5.41, 5.74) is 2.10. The maximum atomic E-state index is 13.6. The summed E-state index contributed by atoms with van der Waals surface area (Å²) in [6.07, 6.45) is 9.28. The molecule has 8 nitrogen and oxygen atoms in total. The van der Waals surface area contributed by atoms with Crippen LogP contribution in [-0.4, -0.2) is 26.2 Å². The van der Waals surface area contributed by atoms with Crippen LogP contribution in [0.2, 0.25) is 5.02 Å². The van der Waals surface area contributed by atoms with E-state index in [1.807, 2.05) is 24.3 Å². The first-order valence-electron chi connectivity index (χ1n) is 11.4. The van der Waals surface area contributed by atoms with Crippen LogP contribution >= 0.6 is 11.6 Å². The second kappa shape index (κ2) is 8.70. The minimum Gasteiger partial charge on any atom is -0.467 e. The van der Waals surface area contributed by atoms with Crippen LogP contribution in [0.15, 0.2) is 85.6 Å². The summed E-state index contributed by atoms with van der Waals surface area (Å²) in [4.78, 5) is 30.9. The summed E-state index contributed by atoms with van der Waals surface area (Å²) in [6, 6.07) is 11.9. The first kappa shape index (κ1) is 21.6. The number of carbonyl (C=O) groups excluding carboxylic acids is 1. The first-order chi connectivity index (χ1) is 17.1. The molecule has 2 unspecified atom stereocenters. The number of halogens is 1. The van der Waals surface area contributed by atoms with Crippen LogP contribution in [-0.2, 0) is 11.3 Å². The molecule has 0 N–H and O–H groups in total. The van der Waals surface area contributed by atoms with Gasteiger partial charge in [0.1, 0.15) is 24.1 Å². The largest absolute Gasteiger partial charge is 0.467 e. The predicted molar refractivity (Wildman–Crippen MR) is 131 cm³/mol. The molecule has 4 heterocycles. The number of benzene rings is 1. The maximum Gasteiger partial charge on any atom is 0.263 e. The van der Waals surface area contributed by atoms with Crippen molar-refractivity contribution in [3.05, 3.63) is 93.8 Å². The van der Waals surface area contributed by atoms with Gasteiger partial charge in [-0.1, -0.05) is 11.6 Å². The molecule has 0 saturated heterocycles. The van der Waals surface area contributed by atoms with E-state index < -0.39 is 0 Å². The normalized spacial score (nSPS) is 20.9. The molecule has 1 saturated carbocycles. The van der Waals surface area contributed by atoms with Crippen LogP contribution in [0.4, 0.5) is 0 Å². The number of hydrazone groups is 1. The monoisotopic (exact) mass is 488 g/mol. The fourth-order valence-electron chi connectivity index (χ4n) is 4.95. The van der Waals surface area contributed by atoms with Crippen molar-refractivity contribution in [2.24, 2.45) is 11.0 Å². The number of fused-ring (bicyclic) bond motifs is 2. The van der Waals surface area contributed by atoms with Crippen molar-refractivity contribution in [2.45, 2.75) is 31.8 Å². The highest BCUT2D eigenvalue weighted by Crippen LogP contribution is 2.44. The van der Waals surface area contributed by atoms with E-state index in [9.17, 15) is 9.59 Å². The second-order valence-corrected chi connectivity index (χ2v) is 9.14. The number of rotatable bonds is 4. The number of carbonyl (C=O) groups is 1. The first-order valence-corrected chi connectivity index (χ1v) is 11.8. The molecule has 0 radical (unpaired) electrons. The highest BCUT2D eigenvalue weighted by atomic mass is 35.5. The quantitative estimate of drug-likeness (QED) is 0.400. The molecule has 1 amide bonds. The van der Waals surface area contributed by atoms with Crippen molar-refractivity contribution in [3.63, 3.8) is 0 Å². The van der Waals surface area contributed by atoms with Crippen LogP contribution in [0.1, 0.15) is 36.8 Å². The Bertz CT molecular complexity index is 1520. The van der Waals surface area contributed by atoms with E-state index in [-0.39, 0.29) is 30.0 Å². The van der Waals surface area contributed by atoms with E-state index in [1.165, 1.54) is 15.9 Å². The SMILES string of the molecule is O=C(Cn1cnc2ccc(Cl)cc2c1=O)N1N=C2/C(=C/c3ccco3)CCCC2C1c1ccco1. The Balaban J connectivity index is 1.37. The molecule has 2 aliphatic rings. The molecular formula is C26H21ClN4O4. The number of hydrogen-bond acceptors (Lipinski definition) is 6. The smallest absolute Gasteiger partial charge is 0.263 e. The maximum absolute atomic E-state index is 13.6. The zero-order valence-corrected chi connectivity index (χ0v) is 19.4. The van der Waals surface area contributed by atoms with Crippen LogP contribution in [0.25, 0.3) is 17.0 Å². The Morgan fingerprint density at radius 3 is 2.83 bits per heavy atom. The molecule has 2 atom stereocenters. The van der Waals surface area contributed by atoms with Gasteiger partial charge < -0.3 is 8.83 Å². The molecule has 6 rings (SSSR count).